The smallest absolute Gasteiger partial charge is 0.395 e. The van der Waals surface area contributed by atoms with Gasteiger partial charge in [0.2, 0.25) is 8.32 Å². The van der Waals surface area contributed by atoms with Crippen molar-refractivity contribution in [2.75, 3.05) is 0 Å². The lowest BCUT2D eigenvalue weighted by molar-refractivity contribution is 0.0329. The normalized spacial score (nSPS) is 15.3. The van der Waals surface area contributed by atoms with E-state index in [9.17, 15) is 4.79 Å². The molecule has 1 atom stereocenters. The monoisotopic (exact) mass is 454 g/mol. The molecule has 0 aliphatic rings. The van der Waals surface area contributed by atoms with Gasteiger partial charge in [0.15, 0.2) is 0 Å². The van der Waals surface area contributed by atoms with Crippen LogP contribution >= 0.6 is 0 Å². The first kappa shape index (κ1) is 26.3. The van der Waals surface area contributed by atoms with Crippen LogP contribution in [0.3, 0.4) is 0 Å². The molecule has 0 heterocycles. The number of benzene rings is 1. The predicted octanol–water partition coefficient (Wildman–Crippen LogP) is 6.08. The molecule has 0 spiro atoms. The third-order valence-electron chi connectivity index (χ3n) is 6.44. The van der Waals surface area contributed by atoms with Crippen molar-refractivity contribution in [2.24, 2.45) is 0 Å². The van der Waals surface area contributed by atoms with Crippen molar-refractivity contribution >= 4 is 31.6 Å². The van der Waals surface area contributed by atoms with E-state index < -0.39 is 25.7 Å². The standard InChI is InChI=1S/C22H42O4Si3/c1-11-21(4,27(5)6)25-28(7,8)22(12-2,13-3)26-29(9,10)24-20(23)19-17-15-14-16-18-19/h14-18,27H,11-13H2,1-10H3. The van der Waals surface area contributed by atoms with Crippen LogP contribution in [0.15, 0.2) is 30.3 Å². The molecule has 1 rings (SSSR count). The second-order valence-electron chi connectivity index (χ2n) is 9.39. The van der Waals surface area contributed by atoms with Crippen molar-refractivity contribution in [3.05, 3.63) is 35.9 Å². The van der Waals surface area contributed by atoms with Gasteiger partial charge in [0.1, 0.15) is 0 Å². The molecule has 0 amide bonds. The second-order valence-corrected chi connectivity index (χ2v) is 20.3. The van der Waals surface area contributed by atoms with E-state index in [1.165, 1.54) is 0 Å². The molecule has 0 saturated heterocycles. The molecule has 1 unspecified atom stereocenters. The molecule has 0 N–H and O–H groups in total. The molecule has 166 valence electrons. The molecule has 7 heteroatoms. The molecule has 1 aromatic rings. The van der Waals surface area contributed by atoms with Crippen molar-refractivity contribution in [3.8, 4) is 0 Å². The lowest BCUT2D eigenvalue weighted by Crippen LogP contribution is -2.66. The topological polar surface area (TPSA) is 44.8 Å². The van der Waals surface area contributed by atoms with E-state index >= 15 is 0 Å². The van der Waals surface area contributed by atoms with Crippen molar-refractivity contribution < 1.29 is 18.1 Å². The largest absolute Gasteiger partial charge is 0.491 e. The van der Waals surface area contributed by atoms with Crippen LogP contribution in [0, 0.1) is 0 Å². The summed E-state index contributed by atoms with van der Waals surface area (Å²) in [6.45, 7) is 22.0. The number of carbonyl (C=O) groups excluding carboxylic acids is 1. The third-order valence-corrected chi connectivity index (χ3v) is 15.4. The maximum Gasteiger partial charge on any atom is 0.395 e. The predicted molar refractivity (Wildman–Crippen MR) is 130 cm³/mol. The van der Waals surface area contributed by atoms with E-state index in [-0.39, 0.29) is 16.4 Å². The minimum absolute atomic E-state index is 0.0545. The number of hydrogen-bond acceptors (Lipinski definition) is 4. The van der Waals surface area contributed by atoms with Gasteiger partial charge < -0.3 is 13.3 Å². The van der Waals surface area contributed by atoms with Crippen molar-refractivity contribution in [2.45, 2.75) is 96.7 Å². The molecule has 0 fully saturated rings. The molecule has 1 aromatic carbocycles. The third kappa shape index (κ3) is 6.37. The highest BCUT2D eigenvalue weighted by molar-refractivity contribution is 6.77. The van der Waals surface area contributed by atoms with Crippen molar-refractivity contribution in [3.63, 3.8) is 0 Å². The van der Waals surface area contributed by atoms with Crippen LogP contribution in [0.2, 0.25) is 39.3 Å². The first-order chi connectivity index (χ1) is 13.3. The molecule has 29 heavy (non-hydrogen) atoms. The zero-order chi connectivity index (χ0) is 22.5. The molecule has 0 aliphatic heterocycles. The highest BCUT2D eigenvalue weighted by Gasteiger charge is 2.54. The number of carbonyl (C=O) groups is 1. The van der Waals surface area contributed by atoms with Gasteiger partial charge in [-0.1, -0.05) is 52.1 Å². The summed E-state index contributed by atoms with van der Waals surface area (Å²) >= 11 is 0. The van der Waals surface area contributed by atoms with Crippen LogP contribution < -0.4 is 0 Å². The van der Waals surface area contributed by atoms with Gasteiger partial charge in [0, 0.05) is 5.22 Å². The molecule has 0 aromatic heterocycles. The van der Waals surface area contributed by atoms with Crippen LogP contribution in [0.1, 0.15) is 57.3 Å². The Balaban J connectivity index is 3.14. The Bertz CT molecular complexity index is 657. The Kier molecular flexibility index (Phi) is 9.11. The fraction of sp³-hybridized carbons (Fsp3) is 0.682. The van der Waals surface area contributed by atoms with Gasteiger partial charge in [-0.3, -0.25) is 0 Å². The van der Waals surface area contributed by atoms with E-state index in [0.717, 1.165) is 19.3 Å². The summed E-state index contributed by atoms with van der Waals surface area (Å²) in [6.07, 6.45) is 2.71. The number of rotatable bonds is 11. The fourth-order valence-corrected chi connectivity index (χ4v) is 13.4. The summed E-state index contributed by atoms with van der Waals surface area (Å²) in [7, 11) is -6.05. The van der Waals surface area contributed by atoms with Crippen LogP contribution in [0.4, 0.5) is 0 Å². The van der Waals surface area contributed by atoms with Crippen LogP contribution in [0.25, 0.3) is 0 Å². The lowest BCUT2D eigenvalue weighted by atomic mass is 10.2. The van der Waals surface area contributed by atoms with E-state index in [1.807, 2.05) is 31.3 Å². The summed E-state index contributed by atoms with van der Waals surface area (Å²) < 4.78 is 19.7. The summed E-state index contributed by atoms with van der Waals surface area (Å²) in [5.41, 5.74) is 0.562. The summed E-state index contributed by atoms with van der Waals surface area (Å²) in [5.74, 6) is -0.309. The summed E-state index contributed by atoms with van der Waals surface area (Å²) in [6, 6.07) is 9.14. The molecular formula is C22H42O4Si3. The Morgan fingerprint density at radius 2 is 1.45 bits per heavy atom. The summed E-state index contributed by atoms with van der Waals surface area (Å²) in [4.78, 5) is 12.7. The summed E-state index contributed by atoms with van der Waals surface area (Å²) in [5, 5.41) is -0.444. The Morgan fingerprint density at radius 3 is 1.86 bits per heavy atom. The fourth-order valence-electron chi connectivity index (χ4n) is 3.99. The van der Waals surface area contributed by atoms with Gasteiger partial charge >= 0.3 is 14.5 Å². The highest BCUT2D eigenvalue weighted by Crippen LogP contribution is 2.39. The van der Waals surface area contributed by atoms with Crippen molar-refractivity contribution in [1.82, 2.24) is 0 Å². The van der Waals surface area contributed by atoms with Gasteiger partial charge in [0.25, 0.3) is 0 Å². The van der Waals surface area contributed by atoms with Crippen LogP contribution in [0.5, 0.6) is 0 Å². The molecular weight excluding hydrogens is 412 g/mol. The van der Waals surface area contributed by atoms with Gasteiger partial charge in [-0.2, -0.15) is 0 Å². The average Bonchev–Trinajstić information content (AvgIpc) is 2.65. The molecule has 0 bridgehead atoms. The SMILES string of the molecule is CCC(C)(O[Si](C)(C)C(CC)(CC)O[Si](C)(C)OC(=O)c1ccccc1)[SiH](C)C. The minimum Gasteiger partial charge on any atom is -0.491 e. The molecule has 0 radical (unpaired) electrons. The molecule has 0 saturated carbocycles. The molecule has 4 nitrogen and oxygen atoms in total. The quantitative estimate of drug-likeness (QED) is 0.380. The zero-order valence-corrected chi connectivity index (χ0v) is 23.4. The molecule has 0 aliphatic carbocycles. The van der Waals surface area contributed by atoms with Crippen LogP contribution in [-0.2, 0) is 13.3 Å². The van der Waals surface area contributed by atoms with E-state index in [2.05, 4.69) is 53.9 Å². The average molecular weight is 455 g/mol. The van der Waals surface area contributed by atoms with E-state index in [1.54, 1.807) is 12.1 Å². The Labute approximate surface area is 182 Å². The maximum absolute atomic E-state index is 12.7. The zero-order valence-electron chi connectivity index (χ0n) is 20.2. The van der Waals surface area contributed by atoms with Gasteiger partial charge in [-0.25, -0.2) is 4.79 Å². The highest BCUT2D eigenvalue weighted by atomic mass is 28.4. The van der Waals surface area contributed by atoms with Crippen LogP contribution in [-0.4, -0.2) is 42.1 Å². The Morgan fingerprint density at radius 1 is 0.931 bits per heavy atom. The number of hydrogen-bond donors (Lipinski definition) is 0. The van der Waals surface area contributed by atoms with E-state index in [0.29, 0.717) is 5.56 Å². The second kappa shape index (κ2) is 10.0. The maximum atomic E-state index is 12.7. The van der Waals surface area contributed by atoms with Crippen molar-refractivity contribution in [1.29, 1.82) is 0 Å². The lowest BCUT2D eigenvalue weighted by Gasteiger charge is -2.51. The van der Waals surface area contributed by atoms with E-state index in [4.69, 9.17) is 13.3 Å². The van der Waals surface area contributed by atoms with Gasteiger partial charge in [-0.15, -0.1) is 0 Å². The first-order valence-corrected chi connectivity index (χ1v) is 19.6. The minimum atomic E-state index is -2.73. The van der Waals surface area contributed by atoms with Gasteiger partial charge in [0.05, 0.1) is 19.6 Å². The Hall–Kier alpha value is -0.739. The first-order valence-electron chi connectivity index (χ1n) is 11.0. The van der Waals surface area contributed by atoms with Gasteiger partial charge in [-0.05, 0) is 64.5 Å².